The molecule has 1 amide bonds. The van der Waals surface area contributed by atoms with Crippen LogP contribution in [0.5, 0.6) is 5.75 Å². The quantitative estimate of drug-likeness (QED) is 0.416. The standard InChI is InChI=1S/C27H26N2O5S/c1-4-19-6-8-20(9-7-19)28-26(30)17-29-16-25(27(31)23-15-18(2)5-14-24(23)29)35(32,33)22-12-10-21(34-3)11-13-22/h5-16H,4,17H2,1-3H3,(H,28,30). The second-order valence-electron chi connectivity index (χ2n) is 8.25. The Morgan fingerprint density at radius 1 is 1.00 bits per heavy atom. The number of carbonyl (C=O) groups excluding carboxylic acids is 1. The summed E-state index contributed by atoms with van der Waals surface area (Å²) in [6.45, 7) is 3.70. The molecule has 0 fully saturated rings. The molecule has 7 nitrogen and oxygen atoms in total. The van der Waals surface area contributed by atoms with E-state index in [1.54, 1.807) is 12.1 Å². The molecule has 1 aromatic heterocycles. The number of hydrogen-bond acceptors (Lipinski definition) is 5. The van der Waals surface area contributed by atoms with Gasteiger partial charge in [0, 0.05) is 17.3 Å². The highest BCUT2D eigenvalue weighted by Gasteiger charge is 2.24. The SMILES string of the molecule is CCc1ccc(NC(=O)Cn2cc(S(=O)(=O)c3ccc(OC)cc3)c(=O)c3cc(C)ccc32)cc1. The minimum Gasteiger partial charge on any atom is -0.497 e. The predicted octanol–water partition coefficient (Wildman–Crippen LogP) is 4.35. The summed E-state index contributed by atoms with van der Waals surface area (Å²) in [5, 5.41) is 3.07. The Kier molecular flexibility index (Phi) is 6.75. The second kappa shape index (κ2) is 9.76. The summed E-state index contributed by atoms with van der Waals surface area (Å²) in [7, 11) is -2.66. The van der Waals surface area contributed by atoms with Gasteiger partial charge in [0.15, 0.2) is 0 Å². The monoisotopic (exact) mass is 490 g/mol. The second-order valence-corrected chi connectivity index (χ2v) is 10.2. The Hall–Kier alpha value is -3.91. The highest BCUT2D eigenvalue weighted by molar-refractivity contribution is 7.91. The molecule has 0 atom stereocenters. The fraction of sp³-hybridized carbons (Fsp3) is 0.185. The Labute approximate surface area is 203 Å². The number of carbonyl (C=O) groups is 1. The van der Waals surface area contributed by atoms with Crippen LogP contribution in [0.4, 0.5) is 5.69 Å². The zero-order chi connectivity index (χ0) is 25.2. The molecule has 0 aliphatic heterocycles. The van der Waals surface area contributed by atoms with E-state index in [1.807, 2.05) is 44.2 Å². The molecule has 35 heavy (non-hydrogen) atoms. The molecule has 0 unspecified atom stereocenters. The van der Waals surface area contributed by atoms with Crippen LogP contribution < -0.4 is 15.5 Å². The number of rotatable bonds is 7. The first-order chi connectivity index (χ1) is 16.7. The predicted molar refractivity (Wildman–Crippen MR) is 136 cm³/mol. The van der Waals surface area contributed by atoms with Gasteiger partial charge in [-0.1, -0.05) is 30.7 Å². The summed E-state index contributed by atoms with van der Waals surface area (Å²) in [6.07, 6.45) is 2.14. The summed E-state index contributed by atoms with van der Waals surface area (Å²) in [6, 6.07) is 18.5. The topological polar surface area (TPSA) is 94.5 Å². The van der Waals surface area contributed by atoms with Gasteiger partial charge in [-0.25, -0.2) is 8.42 Å². The molecule has 1 N–H and O–H groups in total. The van der Waals surface area contributed by atoms with Crippen molar-refractivity contribution >= 4 is 32.3 Å². The van der Waals surface area contributed by atoms with Gasteiger partial charge in [-0.05, 0) is 67.4 Å². The number of amides is 1. The van der Waals surface area contributed by atoms with Crippen LogP contribution in [0.25, 0.3) is 10.9 Å². The summed E-state index contributed by atoms with van der Waals surface area (Å²) in [5.41, 5.74) is 2.47. The summed E-state index contributed by atoms with van der Waals surface area (Å²) in [5.74, 6) is 0.159. The van der Waals surface area contributed by atoms with Crippen molar-refractivity contribution in [3.05, 3.63) is 94.3 Å². The lowest BCUT2D eigenvalue weighted by Crippen LogP contribution is -2.24. The van der Waals surface area contributed by atoms with Gasteiger partial charge in [-0.2, -0.15) is 0 Å². The van der Waals surface area contributed by atoms with E-state index in [4.69, 9.17) is 4.74 Å². The fourth-order valence-electron chi connectivity index (χ4n) is 3.87. The van der Waals surface area contributed by atoms with E-state index in [-0.39, 0.29) is 27.6 Å². The van der Waals surface area contributed by atoms with E-state index >= 15 is 0 Å². The third-order valence-electron chi connectivity index (χ3n) is 5.82. The minimum atomic E-state index is -4.14. The molecule has 3 aromatic carbocycles. The van der Waals surface area contributed by atoms with E-state index in [1.165, 1.54) is 42.1 Å². The Bertz CT molecular complexity index is 1550. The number of pyridine rings is 1. The largest absolute Gasteiger partial charge is 0.497 e. The number of ether oxygens (including phenoxy) is 1. The lowest BCUT2D eigenvalue weighted by molar-refractivity contribution is -0.116. The van der Waals surface area contributed by atoms with Crippen molar-refractivity contribution in [2.24, 2.45) is 0 Å². The van der Waals surface area contributed by atoms with Crippen LogP contribution in [0.2, 0.25) is 0 Å². The number of hydrogen-bond donors (Lipinski definition) is 1. The normalized spacial score (nSPS) is 11.4. The van der Waals surface area contributed by atoms with Crippen LogP contribution in [0.1, 0.15) is 18.1 Å². The van der Waals surface area contributed by atoms with Gasteiger partial charge in [-0.3, -0.25) is 9.59 Å². The molecular weight excluding hydrogens is 464 g/mol. The summed E-state index contributed by atoms with van der Waals surface area (Å²) < 4.78 is 33.4. The first-order valence-electron chi connectivity index (χ1n) is 11.1. The van der Waals surface area contributed by atoms with Crippen LogP contribution in [-0.2, 0) is 27.6 Å². The molecule has 1 heterocycles. The van der Waals surface area contributed by atoms with Crippen molar-refractivity contribution < 1.29 is 17.9 Å². The Morgan fingerprint density at radius 3 is 2.31 bits per heavy atom. The van der Waals surface area contributed by atoms with Crippen LogP contribution in [0.3, 0.4) is 0 Å². The van der Waals surface area contributed by atoms with Gasteiger partial charge in [0.1, 0.15) is 17.2 Å². The highest BCUT2D eigenvalue weighted by atomic mass is 32.2. The van der Waals surface area contributed by atoms with Crippen LogP contribution >= 0.6 is 0 Å². The number of fused-ring (bicyclic) bond motifs is 1. The fourth-order valence-corrected chi connectivity index (χ4v) is 5.24. The first-order valence-corrected chi connectivity index (χ1v) is 12.6. The van der Waals surface area contributed by atoms with E-state index < -0.39 is 15.3 Å². The van der Waals surface area contributed by atoms with Crippen molar-refractivity contribution in [2.75, 3.05) is 12.4 Å². The van der Waals surface area contributed by atoms with Crippen molar-refractivity contribution in [2.45, 2.75) is 36.6 Å². The van der Waals surface area contributed by atoms with E-state index in [2.05, 4.69) is 5.32 Å². The van der Waals surface area contributed by atoms with Crippen molar-refractivity contribution in [1.29, 1.82) is 0 Å². The van der Waals surface area contributed by atoms with Gasteiger partial charge < -0.3 is 14.6 Å². The molecule has 0 aliphatic rings. The van der Waals surface area contributed by atoms with Gasteiger partial charge in [0.05, 0.1) is 17.5 Å². The molecule has 0 saturated heterocycles. The molecule has 4 rings (SSSR count). The van der Waals surface area contributed by atoms with Gasteiger partial charge >= 0.3 is 0 Å². The first kappa shape index (κ1) is 24.2. The summed E-state index contributed by atoms with van der Waals surface area (Å²) in [4.78, 5) is 25.7. The number of anilines is 1. The average molecular weight is 491 g/mol. The van der Waals surface area contributed by atoms with Gasteiger partial charge in [0.25, 0.3) is 0 Å². The molecule has 8 heteroatoms. The Balaban J connectivity index is 1.77. The molecule has 0 radical (unpaired) electrons. The van der Waals surface area contributed by atoms with E-state index in [9.17, 15) is 18.0 Å². The molecule has 0 spiro atoms. The van der Waals surface area contributed by atoms with Crippen molar-refractivity contribution in [3.63, 3.8) is 0 Å². The maximum atomic E-state index is 13.4. The van der Waals surface area contributed by atoms with E-state index in [0.29, 0.717) is 17.0 Å². The zero-order valence-corrected chi connectivity index (χ0v) is 20.6. The number of nitrogens with zero attached hydrogens (tertiary/aromatic N) is 1. The van der Waals surface area contributed by atoms with Crippen LogP contribution in [0.15, 0.2) is 87.5 Å². The molecular formula is C27H26N2O5S. The summed E-state index contributed by atoms with van der Waals surface area (Å²) >= 11 is 0. The molecule has 0 saturated carbocycles. The van der Waals surface area contributed by atoms with Gasteiger partial charge in [0.2, 0.25) is 21.2 Å². The number of sulfone groups is 1. The Morgan fingerprint density at radius 2 is 1.69 bits per heavy atom. The molecule has 0 aliphatic carbocycles. The minimum absolute atomic E-state index is 0.0329. The lowest BCUT2D eigenvalue weighted by atomic mass is 10.1. The maximum Gasteiger partial charge on any atom is 0.244 e. The van der Waals surface area contributed by atoms with Gasteiger partial charge in [-0.15, -0.1) is 0 Å². The third kappa shape index (κ3) is 4.97. The lowest BCUT2D eigenvalue weighted by Gasteiger charge is -2.15. The van der Waals surface area contributed by atoms with E-state index in [0.717, 1.165) is 17.5 Å². The van der Waals surface area contributed by atoms with Crippen molar-refractivity contribution in [3.8, 4) is 5.75 Å². The number of nitrogens with one attached hydrogen (secondary N) is 1. The molecule has 180 valence electrons. The number of benzene rings is 3. The third-order valence-corrected chi connectivity index (χ3v) is 7.58. The smallest absolute Gasteiger partial charge is 0.244 e. The van der Waals surface area contributed by atoms with Crippen molar-refractivity contribution in [1.82, 2.24) is 4.57 Å². The average Bonchev–Trinajstić information content (AvgIpc) is 2.86. The van der Waals surface area contributed by atoms with Crippen LogP contribution in [0, 0.1) is 6.92 Å². The zero-order valence-electron chi connectivity index (χ0n) is 19.7. The maximum absolute atomic E-state index is 13.4. The number of aryl methyl sites for hydroxylation is 2. The number of methoxy groups -OCH3 is 1. The molecule has 0 bridgehead atoms. The number of aromatic nitrogens is 1. The van der Waals surface area contributed by atoms with Crippen LogP contribution in [-0.4, -0.2) is 26.0 Å². The highest BCUT2D eigenvalue weighted by Crippen LogP contribution is 2.24. The molecule has 4 aromatic rings.